The van der Waals surface area contributed by atoms with Crippen molar-refractivity contribution in [2.75, 3.05) is 12.9 Å². The van der Waals surface area contributed by atoms with Crippen LogP contribution in [0.2, 0.25) is 0 Å². The molecule has 1 aromatic rings. The molecule has 19 heavy (non-hydrogen) atoms. The minimum atomic E-state index is -3.42. The van der Waals surface area contributed by atoms with Gasteiger partial charge in [-0.2, -0.15) is 0 Å². The van der Waals surface area contributed by atoms with Crippen molar-refractivity contribution in [3.8, 4) is 0 Å². The third kappa shape index (κ3) is 2.26. The van der Waals surface area contributed by atoms with Crippen molar-refractivity contribution < 1.29 is 17.9 Å². The Labute approximate surface area is 112 Å². The third-order valence-corrected chi connectivity index (χ3v) is 5.01. The number of esters is 1. The van der Waals surface area contributed by atoms with E-state index in [0.29, 0.717) is 0 Å². The van der Waals surface area contributed by atoms with Gasteiger partial charge in [-0.05, 0) is 12.5 Å². The number of ether oxygens (including phenoxy) is 1. The summed E-state index contributed by atoms with van der Waals surface area (Å²) in [7, 11) is -3.42. The molecule has 0 aromatic heterocycles. The maximum atomic E-state index is 12.0. The Kier molecular flexibility index (Phi) is 3.40. The number of carbonyl (C=O) groups excluding carboxylic acids is 1. The van der Waals surface area contributed by atoms with Gasteiger partial charge in [-0.3, -0.25) is 0 Å². The third-order valence-electron chi connectivity index (χ3n) is 3.43. The van der Waals surface area contributed by atoms with Gasteiger partial charge < -0.3 is 10.5 Å². The van der Waals surface area contributed by atoms with Gasteiger partial charge in [0.2, 0.25) is 0 Å². The minimum Gasteiger partial charge on any atom is -0.465 e. The lowest BCUT2D eigenvalue weighted by molar-refractivity contribution is -0.145. The monoisotopic (exact) mass is 283 g/mol. The lowest BCUT2D eigenvalue weighted by atomic mass is 10.1. The van der Waals surface area contributed by atoms with E-state index in [1.54, 1.807) is 31.2 Å². The fourth-order valence-electron chi connectivity index (χ4n) is 2.59. The second kappa shape index (κ2) is 4.61. The Bertz CT molecular complexity index is 584. The lowest BCUT2D eigenvalue weighted by Gasteiger charge is -2.10. The smallest absolute Gasteiger partial charge is 0.328 e. The quantitative estimate of drug-likeness (QED) is 0.811. The number of benzene rings is 1. The molecule has 0 saturated heterocycles. The van der Waals surface area contributed by atoms with E-state index in [9.17, 15) is 13.2 Å². The van der Waals surface area contributed by atoms with Crippen LogP contribution in [0.25, 0.3) is 0 Å². The molecule has 1 saturated carbocycles. The molecule has 2 N–H and O–H groups in total. The summed E-state index contributed by atoms with van der Waals surface area (Å²) in [6.07, 6.45) is 1.10. The van der Waals surface area contributed by atoms with Gasteiger partial charge in [0.15, 0.2) is 9.84 Å². The predicted molar refractivity (Wildman–Crippen MR) is 71.4 cm³/mol. The zero-order valence-electron chi connectivity index (χ0n) is 10.9. The van der Waals surface area contributed by atoms with Gasteiger partial charge in [0.05, 0.1) is 11.9 Å². The summed E-state index contributed by atoms with van der Waals surface area (Å²) in [4.78, 5) is 12.0. The molecule has 0 aliphatic heterocycles. The highest BCUT2D eigenvalue weighted by Crippen LogP contribution is 2.54. The summed E-state index contributed by atoms with van der Waals surface area (Å²) in [6, 6.07) is 8.95. The summed E-state index contributed by atoms with van der Waals surface area (Å²) >= 11 is 0. The first-order valence-electron chi connectivity index (χ1n) is 6.03. The van der Waals surface area contributed by atoms with Crippen molar-refractivity contribution in [1.29, 1.82) is 0 Å². The molecule has 1 aromatic carbocycles. The molecule has 5 nitrogen and oxygen atoms in total. The maximum Gasteiger partial charge on any atom is 0.328 e. The molecule has 0 spiro atoms. The van der Waals surface area contributed by atoms with Gasteiger partial charge >= 0.3 is 5.97 Å². The Morgan fingerprint density at radius 3 is 2.42 bits per heavy atom. The van der Waals surface area contributed by atoms with E-state index < -0.39 is 32.5 Å². The van der Waals surface area contributed by atoms with Gasteiger partial charge in [-0.1, -0.05) is 30.3 Å². The van der Waals surface area contributed by atoms with Crippen LogP contribution in [-0.2, 0) is 19.4 Å². The van der Waals surface area contributed by atoms with Crippen molar-refractivity contribution in [3.05, 3.63) is 35.9 Å². The van der Waals surface area contributed by atoms with Crippen molar-refractivity contribution in [2.24, 2.45) is 5.73 Å². The molecular weight excluding hydrogens is 266 g/mol. The van der Waals surface area contributed by atoms with E-state index in [-0.39, 0.29) is 6.61 Å². The second-order valence-corrected chi connectivity index (χ2v) is 6.96. The van der Waals surface area contributed by atoms with Crippen molar-refractivity contribution in [2.45, 2.75) is 23.6 Å². The predicted octanol–water partition coefficient (Wildman–Crippen LogP) is 0.458. The van der Waals surface area contributed by atoms with Crippen molar-refractivity contribution >= 4 is 15.8 Å². The lowest BCUT2D eigenvalue weighted by Crippen LogP contribution is -2.41. The zero-order chi connectivity index (χ0) is 14.3. The average Bonchev–Trinajstić information content (AvgIpc) is 2.99. The van der Waals surface area contributed by atoms with Gasteiger partial charge in [-0.15, -0.1) is 0 Å². The number of sulfone groups is 1. The molecular formula is C13H17NO4S. The van der Waals surface area contributed by atoms with E-state index in [4.69, 9.17) is 10.5 Å². The second-order valence-electron chi connectivity index (χ2n) is 4.79. The van der Waals surface area contributed by atoms with E-state index in [1.165, 1.54) is 0 Å². The highest BCUT2D eigenvalue weighted by Gasteiger charge is 2.73. The van der Waals surface area contributed by atoms with Crippen LogP contribution < -0.4 is 5.73 Å². The number of nitrogens with two attached hydrogens (primary N) is 1. The summed E-state index contributed by atoms with van der Waals surface area (Å²) < 4.78 is 28.5. The highest BCUT2D eigenvalue weighted by molar-refractivity contribution is 7.91. The largest absolute Gasteiger partial charge is 0.465 e. The Hall–Kier alpha value is -1.40. The number of hydrogen-bond donors (Lipinski definition) is 1. The van der Waals surface area contributed by atoms with E-state index >= 15 is 0 Å². The van der Waals surface area contributed by atoms with Crippen LogP contribution in [-0.4, -0.2) is 38.0 Å². The number of rotatable bonds is 4. The summed E-state index contributed by atoms with van der Waals surface area (Å²) in [5, 5.41) is -0.915. The van der Waals surface area contributed by atoms with E-state index in [1.807, 2.05) is 6.07 Å². The molecule has 1 aliphatic rings. The topological polar surface area (TPSA) is 86.5 Å². The molecule has 1 aliphatic carbocycles. The Morgan fingerprint density at radius 2 is 1.95 bits per heavy atom. The Balaban J connectivity index is 2.40. The SMILES string of the molecule is CCOC(=O)[C@@]1(N)[C@H](S(C)(=O)=O)[C@@H]1c1ccccc1. The zero-order valence-corrected chi connectivity index (χ0v) is 11.7. The van der Waals surface area contributed by atoms with E-state index in [0.717, 1.165) is 11.8 Å². The standard InChI is InChI=1S/C13H17NO4S/c1-3-18-12(15)13(14)10(11(13)19(2,16)17)9-7-5-4-6-8-9/h4-8,10-11H,3,14H2,1-2H3/t10-,11+,13-/m0/s1. The van der Waals surface area contributed by atoms with Crippen LogP contribution in [0.3, 0.4) is 0 Å². The molecule has 2 rings (SSSR count). The molecule has 0 radical (unpaired) electrons. The molecule has 0 heterocycles. The first-order valence-corrected chi connectivity index (χ1v) is 7.98. The number of hydrogen-bond acceptors (Lipinski definition) is 5. The van der Waals surface area contributed by atoms with Crippen LogP contribution in [0, 0.1) is 0 Å². The van der Waals surface area contributed by atoms with E-state index in [2.05, 4.69) is 0 Å². The molecule has 3 atom stereocenters. The van der Waals surface area contributed by atoms with Gasteiger partial charge in [0.25, 0.3) is 0 Å². The summed E-state index contributed by atoms with van der Waals surface area (Å²) in [5.41, 5.74) is 5.31. The summed E-state index contributed by atoms with van der Waals surface area (Å²) in [6.45, 7) is 1.84. The molecule has 6 heteroatoms. The fourth-order valence-corrected chi connectivity index (χ4v) is 4.34. The maximum absolute atomic E-state index is 12.0. The van der Waals surface area contributed by atoms with Crippen LogP contribution in [0.1, 0.15) is 18.4 Å². The minimum absolute atomic E-state index is 0.176. The Morgan fingerprint density at radius 1 is 1.37 bits per heavy atom. The van der Waals surface area contributed by atoms with Crippen LogP contribution in [0.5, 0.6) is 0 Å². The molecule has 104 valence electrons. The summed E-state index contributed by atoms with van der Waals surface area (Å²) in [5.74, 6) is -1.19. The van der Waals surface area contributed by atoms with Crippen molar-refractivity contribution in [1.82, 2.24) is 0 Å². The van der Waals surface area contributed by atoms with Gasteiger partial charge in [-0.25, -0.2) is 13.2 Å². The van der Waals surface area contributed by atoms with Crippen molar-refractivity contribution in [3.63, 3.8) is 0 Å². The van der Waals surface area contributed by atoms with Crippen LogP contribution >= 0.6 is 0 Å². The van der Waals surface area contributed by atoms with Crippen LogP contribution in [0.4, 0.5) is 0 Å². The fraction of sp³-hybridized carbons (Fsp3) is 0.462. The normalized spacial score (nSPS) is 29.8. The molecule has 0 unspecified atom stereocenters. The molecule has 0 amide bonds. The molecule has 0 bridgehead atoms. The molecule has 1 fully saturated rings. The highest BCUT2D eigenvalue weighted by atomic mass is 32.2. The number of carbonyl (C=O) groups is 1. The first kappa shape index (κ1) is 14.0. The average molecular weight is 283 g/mol. The van der Waals surface area contributed by atoms with Gasteiger partial charge in [0.1, 0.15) is 5.54 Å². The van der Waals surface area contributed by atoms with Gasteiger partial charge in [0, 0.05) is 12.2 Å². The first-order chi connectivity index (χ1) is 8.83. The van der Waals surface area contributed by atoms with Crippen LogP contribution in [0.15, 0.2) is 30.3 Å².